The second-order valence-corrected chi connectivity index (χ2v) is 4.09. The number of rotatable bonds is 3. The van der Waals surface area contributed by atoms with Gasteiger partial charge in [-0.25, -0.2) is 9.37 Å². The van der Waals surface area contributed by atoms with Crippen LogP contribution in [0.25, 0.3) is 17.1 Å². The van der Waals surface area contributed by atoms with Crippen LogP contribution in [0.4, 0.5) is 4.39 Å². The lowest BCUT2D eigenvalue weighted by Gasteiger charge is -2.08. The molecule has 0 spiro atoms. The molecule has 20 heavy (non-hydrogen) atoms. The van der Waals surface area contributed by atoms with E-state index in [0.717, 1.165) is 0 Å². The number of halogens is 1. The maximum absolute atomic E-state index is 13.4. The number of benzene rings is 1. The van der Waals surface area contributed by atoms with Gasteiger partial charge in [0, 0.05) is 18.0 Å². The molecule has 1 aromatic carbocycles. The van der Waals surface area contributed by atoms with Crippen molar-refractivity contribution >= 4 is 0 Å². The molecule has 2 heterocycles. The lowest BCUT2D eigenvalue weighted by molar-refractivity contribution is 0.415. The molecule has 100 valence electrons. The second kappa shape index (κ2) is 5.08. The van der Waals surface area contributed by atoms with Gasteiger partial charge in [-0.05, 0) is 30.3 Å². The monoisotopic (exact) mass is 270 g/mol. The normalized spacial score (nSPS) is 10.5. The molecule has 0 N–H and O–H groups in total. The molecule has 0 aliphatic rings. The lowest BCUT2D eigenvalue weighted by atomic mass is 10.1. The Labute approximate surface area is 114 Å². The number of nitrogens with zero attached hydrogens (tertiary/aromatic N) is 4. The minimum atomic E-state index is -0.346. The van der Waals surface area contributed by atoms with Crippen LogP contribution in [0.15, 0.2) is 49.1 Å². The zero-order valence-corrected chi connectivity index (χ0v) is 10.7. The number of hydrogen-bond acceptors (Lipinski definition) is 4. The molecule has 0 unspecified atom stereocenters. The number of imidazole rings is 1. The highest BCUT2D eigenvalue weighted by Gasteiger charge is 2.09. The molecule has 0 atom stereocenters. The van der Waals surface area contributed by atoms with Crippen LogP contribution in [-0.2, 0) is 0 Å². The van der Waals surface area contributed by atoms with Crippen molar-refractivity contribution in [1.82, 2.24) is 19.7 Å². The molecule has 0 radical (unpaired) electrons. The van der Waals surface area contributed by atoms with Gasteiger partial charge in [0.2, 0.25) is 0 Å². The van der Waals surface area contributed by atoms with E-state index in [1.54, 1.807) is 41.5 Å². The van der Waals surface area contributed by atoms with Crippen molar-refractivity contribution in [3.63, 3.8) is 0 Å². The standard InChI is InChI=1S/C14H11FN4O/c1-20-13-4-2-10(15)8-11(13)12-3-5-14(18-17-12)19-7-6-16-9-19/h2-9H,1H3. The van der Waals surface area contributed by atoms with Crippen LogP contribution in [0.2, 0.25) is 0 Å². The Kier molecular flexibility index (Phi) is 3.12. The van der Waals surface area contributed by atoms with Crippen LogP contribution >= 0.6 is 0 Å². The fourth-order valence-corrected chi connectivity index (χ4v) is 1.88. The van der Waals surface area contributed by atoms with E-state index in [1.165, 1.54) is 19.2 Å². The van der Waals surface area contributed by atoms with Crippen LogP contribution < -0.4 is 4.74 Å². The first-order valence-electron chi connectivity index (χ1n) is 5.94. The van der Waals surface area contributed by atoms with Crippen LogP contribution in [0.1, 0.15) is 0 Å². The molecule has 0 saturated heterocycles. The Bertz CT molecular complexity index is 711. The third-order valence-corrected chi connectivity index (χ3v) is 2.86. The first kappa shape index (κ1) is 12.3. The average Bonchev–Trinajstić information content (AvgIpc) is 3.02. The van der Waals surface area contributed by atoms with Gasteiger partial charge >= 0.3 is 0 Å². The molecule has 3 rings (SSSR count). The van der Waals surface area contributed by atoms with Gasteiger partial charge in [-0.2, -0.15) is 0 Å². The summed E-state index contributed by atoms with van der Waals surface area (Å²) in [6.07, 6.45) is 5.06. The van der Waals surface area contributed by atoms with Gasteiger partial charge in [0.05, 0.1) is 12.8 Å². The quantitative estimate of drug-likeness (QED) is 0.733. The predicted molar refractivity (Wildman–Crippen MR) is 71.1 cm³/mol. The Balaban J connectivity index is 2.01. The third kappa shape index (κ3) is 2.23. The molecule has 2 aromatic heterocycles. The minimum Gasteiger partial charge on any atom is -0.496 e. The summed E-state index contributed by atoms with van der Waals surface area (Å²) >= 11 is 0. The van der Waals surface area contributed by atoms with E-state index in [2.05, 4.69) is 15.2 Å². The van der Waals surface area contributed by atoms with Crippen LogP contribution in [0, 0.1) is 5.82 Å². The minimum absolute atomic E-state index is 0.346. The van der Waals surface area contributed by atoms with Gasteiger partial charge in [-0.3, -0.25) is 4.57 Å². The summed E-state index contributed by atoms with van der Waals surface area (Å²) in [5, 5.41) is 8.21. The Hall–Kier alpha value is -2.76. The van der Waals surface area contributed by atoms with Crippen LogP contribution in [0.5, 0.6) is 5.75 Å². The highest BCUT2D eigenvalue weighted by Crippen LogP contribution is 2.28. The van der Waals surface area contributed by atoms with E-state index in [9.17, 15) is 4.39 Å². The summed E-state index contributed by atoms with van der Waals surface area (Å²) < 4.78 is 20.3. The number of ether oxygens (including phenoxy) is 1. The van der Waals surface area contributed by atoms with Crippen LogP contribution in [-0.4, -0.2) is 26.9 Å². The highest BCUT2D eigenvalue weighted by atomic mass is 19.1. The van der Waals surface area contributed by atoms with E-state index < -0.39 is 0 Å². The smallest absolute Gasteiger partial charge is 0.160 e. The zero-order chi connectivity index (χ0) is 13.9. The van der Waals surface area contributed by atoms with Crippen molar-refractivity contribution in [3.8, 4) is 22.8 Å². The SMILES string of the molecule is COc1ccc(F)cc1-c1ccc(-n2ccnc2)nn1. The average molecular weight is 270 g/mol. The van der Waals surface area contributed by atoms with Gasteiger partial charge in [0.25, 0.3) is 0 Å². The summed E-state index contributed by atoms with van der Waals surface area (Å²) in [6, 6.07) is 7.83. The van der Waals surface area contributed by atoms with Crippen LogP contribution in [0.3, 0.4) is 0 Å². The number of aromatic nitrogens is 4. The van der Waals surface area contributed by atoms with Crippen molar-refractivity contribution in [1.29, 1.82) is 0 Å². The van der Waals surface area contributed by atoms with Gasteiger partial charge in [-0.1, -0.05) is 0 Å². The van der Waals surface area contributed by atoms with Gasteiger partial charge < -0.3 is 4.74 Å². The van der Waals surface area contributed by atoms with Crippen molar-refractivity contribution in [3.05, 3.63) is 54.9 Å². The molecule has 6 heteroatoms. The number of hydrogen-bond donors (Lipinski definition) is 0. The maximum Gasteiger partial charge on any atom is 0.160 e. The van der Waals surface area contributed by atoms with Gasteiger partial charge in [0.15, 0.2) is 5.82 Å². The predicted octanol–water partition coefficient (Wildman–Crippen LogP) is 2.48. The summed E-state index contributed by atoms with van der Waals surface area (Å²) in [6.45, 7) is 0. The van der Waals surface area contributed by atoms with E-state index in [0.29, 0.717) is 22.8 Å². The van der Waals surface area contributed by atoms with Crippen molar-refractivity contribution in [2.75, 3.05) is 7.11 Å². The Morgan fingerprint density at radius 1 is 1.15 bits per heavy atom. The maximum atomic E-state index is 13.4. The summed E-state index contributed by atoms with van der Waals surface area (Å²) in [5.74, 6) is 0.846. The molecule has 3 aromatic rings. The number of methoxy groups -OCH3 is 1. The lowest BCUT2D eigenvalue weighted by Crippen LogP contribution is -1.98. The van der Waals surface area contributed by atoms with Gasteiger partial charge in [0.1, 0.15) is 17.9 Å². The molecule has 0 amide bonds. The summed E-state index contributed by atoms with van der Waals surface area (Å²) in [5.41, 5.74) is 1.11. The first-order chi connectivity index (χ1) is 9.78. The van der Waals surface area contributed by atoms with E-state index in [4.69, 9.17) is 4.74 Å². The Morgan fingerprint density at radius 2 is 2.05 bits per heavy atom. The fraction of sp³-hybridized carbons (Fsp3) is 0.0714. The van der Waals surface area contributed by atoms with Crippen molar-refractivity contribution < 1.29 is 9.13 Å². The Morgan fingerprint density at radius 3 is 2.70 bits per heavy atom. The van der Waals surface area contributed by atoms with E-state index >= 15 is 0 Å². The van der Waals surface area contributed by atoms with E-state index in [1.807, 2.05) is 0 Å². The molecule has 0 fully saturated rings. The largest absolute Gasteiger partial charge is 0.496 e. The van der Waals surface area contributed by atoms with E-state index in [-0.39, 0.29) is 5.82 Å². The third-order valence-electron chi connectivity index (χ3n) is 2.86. The molecular weight excluding hydrogens is 259 g/mol. The fourth-order valence-electron chi connectivity index (χ4n) is 1.88. The van der Waals surface area contributed by atoms with Crippen molar-refractivity contribution in [2.45, 2.75) is 0 Å². The van der Waals surface area contributed by atoms with Gasteiger partial charge in [-0.15, -0.1) is 10.2 Å². The molecule has 0 aliphatic heterocycles. The molecule has 0 bridgehead atoms. The zero-order valence-electron chi connectivity index (χ0n) is 10.7. The summed E-state index contributed by atoms with van der Waals surface area (Å²) in [4.78, 5) is 3.94. The van der Waals surface area contributed by atoms with Crippen molar-refractivity contribution in [2.24, 2.45) is 0 Å². The molecule has 5 nitrogen and oxygen atoms in total. The first-order valence-corrected chi connectivity index (χ1v) is 5.94. The summed E-state index contributed by atoms with van der Waals surface area (Å²) in [7, 11) is 1.53. The highest BCUT2D eigenvalue weighted by molar-refractivity contribution is 5.67. The second-order valence-electron chi connectivity index (χ2n) is 4.09. The molecule has 0 saturated carbocycles. The molecule has 0 aliphatic carbocycles. The molecular formula is C14H11FN4O. The topological polar surface area (TPSA) is 52.8 Å².